The maximum absolute atomic E-state index is 12.9. The Morgan fingerprint density at radius 3 is 2.28 bits per heavy atom. The number of hydrogen-bond donors (Lipinski definition) is 1. The molecule has 0 unspecified atom stereocenters. The van der Waals surface area contributed by atoms with Crippen LogP contribution in [0.4, 0.5) is 17.6 Å². The van der Waals surface area contributed by atoms with E-state index in [0.29, 0.717) is 16.9 Å². The van der Waals surface area contributed by atoms with Gasteiger partial charge in [0.1, 0.15) is 5.82 Å². The zero-order chi connectivity index (χ0) is 14.1. The Hall–Kier alpha value is -1.68. The smallest absolute Gasteiger partial charge is 0.470 e. The van der Waals surface area contributed by atoms with E-state index in [4.69, 9.17) is 0 Å². The molecule has 1 aromatic rings. The number of benzene rings is 1. The third kappa shape index (κ3) is 3.40. The minimum absolute atomic E-state index is 0.235. The van der Waals surface area contributed by atoms with E-state index in [1.807, 2.05) is 0 Å². The number of carbonyl (C=O) groups excluding carboxylic acids is 1. The van der Waals surface area contributed by atoms with Gasteiger partial charge >= 0.3 is 6.30 Å². The molecule has 0 bridgehead atoms. The molecule has 0 fully saturated rings. The van der Waals surface area contributed by atoms with E-state index in [0.717, 1.165) is 0 Å². The van der Waals surface area contributed by atoms with Gasteiger partial charge in [0.2, 0.25) is 10.0 Å². The highest BCUT2D eigenvalue weighted by molar-refractivity contribution is 7.89. The van der Waals surface area contributed by atoms with Gasteiger partial charge in [-0.25, -0.2) is 12.8 Å². The second-order valence-corrected chi connectivity index (χ2v) is 4.71. The van der Waals surface area contributed by atoms with Crippen LogP contribution in [0.1, 0.15) is 10.4 Å². The lowest BCUT2D eigenvalue weighted by Gasteiger charge is -2.11. The Labute approximate surface area is 98.1 Å². The monoisotopic (exact) mass is 286 g/mol. The number of aromatic carboxylic acids is 1. The van der Waals surface area contributed by atoms with E-state index in [2.05, 4.69) is 0 Å². The molecule has 1 aromatic carbocycles. The van der Waals surface area contributed by atoms with Crippen molar-refractivity contribution < 1.29 is 35.9 Å². The van der Waals surface area contributed by atoms with Crippen molar-refractivity contribution in [3.8, 4) is 0 Å². The van der Waals surface area contributed by atoms with E-state index in [9.17, 15) is 35.9 Å². The Bertz CT molecular complexity index is 581. The van der Waals surface area contributed by atoms with Crippen molar-refractivity contribution >= 4 is 16.0 Å². The molecule has 18 heavy (non-hydrogen) atoms. The molecule has 1 rings (SSSR count). The second-order valence-electron chi connectivity index (χ2n) is 3.03. The molecular formula is C8H4F4NO4S-. The van der Waals surface area contributed by atoms with Crippen molar-refractivity contribution in [2.24, 2.45) is 0 Å². The highest BCUT2D eigenvalue weighted by Crippen LogP contribution is 2.19. The zero-order valence-electron chi connectivity index (χ0n) is 8.29. The maximum atomic E-state index is 12.9. The van der Waals surface area contributed by atoms with Gasteiger partial charge in [0, 0.05) is 5.56 Å². The van der Waals surface area contributed by atoms with E-state index >= 15 is 0 Å². The zero-order valence-corrected chi connectivity index (χ0v) is 9.10. The van der Waals surface area contributed by atoms with Gasteiger partial charge in [-0.3, -0.25) is 0 Å². The number of rotatable bonds is 3. The summed E-state index contributed by atoms with van der Waals surface area (Å²) in [7, 11) is -5.02. The average molecular weight is 286 g/mol. The highest BCUT2D eigenvalue weighted by Gasteiger charge is 2.35. The first-order valence-corrected chi connectivity index (χ1v) is 5.63. The lowest BCUT2D eigenvalue weighted by molar-refractivity contribution is -0.255. The third-order valence-electron chi connectivity index (χ3n) is 1.72. The molecule has 0 aromatic heterocycles. The quantitative estimate of drug-likeness (QED) is 0.625. The summed E-state index contributed by atoms with van der Waals surface area (Å²) in [5, 5.41) is 10.4. The Morgan fingerprint density at radius 1 is 1.28 bits per heavy atom. The van der Waals surface area contributed by atoms with Crippen LogP contribution in [-0.2, 0) is 10.0 Å². The topological polar surface area (TPSA) is 86.3 Å². The molecule has 0 saturated carbocycles. The molecule has 100 valence electrons. The molecule has 0 saturated heterocycles. The van der Waals surface area contributed by atoms with Crippen LogP contribution in [0.15, 0.2) is 23.1 Å². The molecule has 0 spiro atoms. The maximum Gasteiger partial charge on any atom is 0.470 e. The first-order valence-electron chi connectivity index (χ1n) is 4.14. The van der Waals surface area contributed by atoms with Gasteiger partial charge in [-0.15, -0.1) is 4.72 Å². The van der Waals surface area contributed by atoms with Gasteiger partial charge in [0.25, 0.3) is 0 Å². The van der Waals surface area contributed by atoms with Gasteiger partial charge in [0.15, 0.2) is 0 Å². The Balaban J connectivity index is 3.27. The number of carbonyl (C=O) groups is 1. The van der Waals surface area contributed by atoms with Gasteiger partial charge in [-0.05, 0) is 18.2 Å². The molecule has 0 atom stereocenters. The minimum atomic E-state index is -5.23. The number of carboxylic acid groups (broad SMARTS) is 1. The fourth-order valence-electron chi connectivity index (χ4n) is 1.04. The van der Waals surface area contributed by atoms with Crippen molar-refractivity contribution in [2.45, 2.75) is 11.2 Å². The molecule has 10 heteroatoms. The third-order valence-corrected chi connectivity index (χ3v) is 3.09. The van der Waals surface area contributed by atoms with Crippen LogP contribution in [0.5, 0.6) is 0 Å². The number of carboxylic acids is 1. The summed E-state index contributed by atoms with van der Waals surface area (Å²) >= 11 is 0. The van der Waals surface area contributed by atoms with E-state index < -0.39 is 38.6 Å². The van der Waals surface area contributed by atoms with Crippen molar-refractivity contribution in [2.75, 3.05) is 0 Å². The largest absolute Gasteiger partial charge is 0.545 e. The molecule has 0 radical (unpaired) electrons. The number of nitrogens with one attached hydrogen (secondary N) is 1. The summed E-state index contributed by atoms with van der Waals surface area (Å²) in [6.45, 7) is 0. The van der Waals surface area contributed by atoms with Crippen LogP contribution in [0, 0.1) is 5.82 Å². The summed E-state index contributed by atoms with van der Waals surface area (Å²) in [5.41, 5.74) is -1.15. The molecular weight excluding hydrogens is 282 g/mol. The van der Waals surface area contributed by atoms with Gasteiger partial charge < -0.3 is 9.90 Å². The van der Waals surface area contributed by atoms with Crippen LogP contribution in [-0.4, -0.2) is 20.7 Å². The van der Waals surface area contributed by atoms with Crippen LogP contribution in [0.25, 0.3) is 0 Å². The van der Waals surface area contributed by atoms with Gasteiger partial charge in [-0.2, -0.15) is 13.2 Å². The number of hydrogen-bond acceptors (Lipinski definition) is 4. The molecule has 5 nitrogen and oxygen atoms in total. The number of halogens is 4. The van der Waals surface area contributed by atoms with Crippen molar-refractivity contribution in [3.05, 3.63) is 29.6 Å². The predicted octanol–water partition coefficient (Wildman–Crippen LogP) is -0.0127. The van der Waals surface area contributed by atoms with Crippen molar-refractivity contribution in [1.29, 1.82) is 0 Å². The lowest BCUT2D eigenvalue weighted by Crippen LogP contribution is -2.37. The number of sulfonamides is 1. The van der Waals surface area contributed by atoms with Crippen LogP contribution < -0.4 is 9.83 Å². The summed E-state index contributed by atoms with van der Waals surface area (Å²) < 4.78 is 71.2. The molecule has 0 heterocycles. The minimum Gasteiger partial charge on any atom is -0.545 e. The first-order chi connectivity index (χ1) is 8.03. The number of alkyl halides is 3. The van der Waals surface area contributed by atoms with Crippen LogP contribution in [0.3, 0.4) is 0 Å². The molecule has 0 amide bonds. The summed E-state index contributed by atoms with van der Waals surface area (Å²) in [6, 6.07) is 1.14. The van der Waals surface area contributed by atoms with Crippen molar-refractivity contribution in [1.82, 2.24) is 4.72 Å². The molecule has 0 aliphatic rings. The van der Waals surface area contributed by atoms with E-state index in [1.165, 1.54) is 0 Å². The first kappa shape index (κ1) is 14.4. The second kappa shape index (κ2) is 4.53. The average Bonchev–Trinajstić information content (AvgIpc) is 2.13. The standard InChI is InChI=1S/C8H5F4NO4S/c9-6-2-1-4(3-5(6)7(14)15)18(16,17)13-8(10,11)12/h1-3,13H,(H,14,15)/p-1. The van der Waals surface area contributed by atoms with Gasteiger partial charge in [-0.1, -0.05) is 0 Å². The summed E-state index contributed by atoms with van der Waals surface area (Å²) in [6.07, 6.45) is -5.23. The van der Waals surface area contributed by atoms with Gasteiger partial charge in [0.05, 0.1) is 10.9 Å². The predicted molar refractivity (Wildman–Crippen MR) is 47.1 cm³/mol. The van der Waals surface area contributed by atoms with Crippen molar-refractivity contribution in [3.63, 3.8) is 0 Å². The van der Waals surface area contributed by atoms with Crippen LogP contribution >= 0.6 is 0 Å². The fraction of sp³-hybridized carbons (Fsp3) is 0.125. The fourth-order valence-corrected chi connectivity index (χ4v) is 1.98. The summed E-state index contributed by atoms with van der Waals surface area (Å²) in [4.78, 5) is 9.36. The SMILES string of the molecule is O=C([O-])c1cc(S(=O)(=O)NC(F)(F)F)ccc1F. The van der Waals surface area contributed by atoms with Crippen LogP contribution in [0.2, 0.25) is 0 Å². The molecule has 1 N–H and O–H groups in total. The lowest BCUT2D eigenvalue weighted by atomic mass is 10.2. The Kier molecular flexibility index (Phi) is 3.62. The normalized spacial score (nSPS) is 12.4. The molecule has 0 aliphatic heterocycles. The highest BCUT2D eigenvalue weighted by atomic mass is 32.2. The Morgan fingerprint density at radius 2 is 1.83 bits per heavy atom. The molecule has 0 aliphatic carbocycles. The summed E-state index contributed by atoms with van der Waals surface area (Å²) in [5.74, 6) is -3.36. The van der Waals surface area contributed by atoms with E-state index in [1.54, 1.807) is 0 Å². The van der Waals surface area contributed by atoms with E-state index in [-0.39, 0.29) is 6.07 Å².